The number of nitrogens with zero attached hydrogens (tertiary/aromatic N) is 1. The second-order valence-corrected chi connectivity index (χ2v) is 6.25. The fourth-order valence-corrected chi connectivity index (χ4v) is 3.12. The topological polar surface area (TPSA) is 79.9 Å². The Bertz CT molecular complexity index is 853. The Balaban J connectivity index is 1.64. The number of hydrogen-bond donors (Lipinski definition) is 2. The maximum atomic E-state index is 12.7. The molecule has 7 nitrogen and oxygen atoms in total. The van der Waals surface area contributed by atoms with Crippen LogP contribution in [0, 0.1) is 0 Å². The van der Waals surface area contributed by atoms with E-state index in [1.807, 2.05) is 24.3 Å². The zero-order chi connectivity index (χ0) is 19.4. The fraction of sp³-hybridized carbons (Fsp3) is 0.300. The minimum absolute atomic E-state index is 0.142. The molecule has 0 saturated heterocycles. The van der Waals surface area contributed by atoms with Crippen molar-refractivity contribution in [1.82, 2.24) is 5.32 Å². The van der Waals surface area contributed by atoms with Crippen LogP contribution in [0.5, 0.6) is 11.5 Å². The Morgan fingerprint density at radius 3 is 2.63 bits per heavy atom. The van der Waals surface area contributed by atoms with Crippen molar-refractivity contribution in [3.05, 3.63) is 48.0 Å². The first kappa shape index (κ1) is 18.6. The van der Waals surface area contributed by atoms with Crippen LogP contribution >= 0.6 is 0 Å². The predicted octanol–water partition coefficient (Wildman–Crippen LogP) is 2.80. The van der Waals surface area contributed by atoms with Crippen molar-refractivity contribution < 1.29 is 19.1 Å². The number of carbonyl (C=O) groups excluding carboxylic acids is 2. The molecule has 3 rings (SSSR count). The summed E-state index contributed by atoms with van der Waals surface area (Å²) in [5, 5.41) is 5.39. The van der Waals surface area contributed by atoms with Crippen molar-refractivity contribution in [1.29, 1.82) is 0 Å². The van der Waals surface area contributed by atoms with Gasteiger partial charge < -0.3 is 25.0 Å². The molecule has 0 spiro atoms. The van der Waals surface area contributed by atoms with Gasteiger partial charge in [-0.25, -0.2) is 4.79 Å². The van der Waals surface area contributed by atoms with E-state index in [4.69, 9.17) is 9.47 Å². The van der Waals surface area contributed by atoms with Crippen molar-refractivity contribution in [3.8, 4) is 11.5 Å². The van der Waals surface area contributed by atoms with E-state index in [0.717, 1.165) is 17.7 Å². The number of fused-ring (bicyclic) bond motifs is 1. The average molecular weight is 369 g/mol. The molecule has 1 aliphatic rings. The van der Waals surface area contributed by atoms with Crippen LogP contribution in [0.25, 0.3) is 0 Å². The van der Waals surface area contributed by atoms with Gasteiger partial charge in [-0.15, -0.1) is 0 Å². The molecular weight excluding hydrogens is 346 g/mol. The summed E-state index contributed by atoms with van der Waals surface area (Å²) in [7, 11) is 3.06. The van der Waals surface area contributed by atoms with Gasteiger partial charge in [-0.2, -0.15) is 0 Å². The molecule has 7 heteroatoms. The minimum Gasteiger partial charge on any atom is -0.497 e. The minimum atomic E-state index is -0.666. The standard InChI is InChI=1S/C20H23N3O4/c1-13(19(24)23-11-10-14-6-4-5-7-17(14)23)21-20(25)22-16-9-8-15(26-2)12-18(16)27-3/h4-9,12-13H,10-11H2,1-3H3,(H2,21,22,25)/t13-/m0/s1. The van der Waals surface area contributed by atoms with Crippen LogP contribution in [0.2, 0.25) is 0 Å². The van der Waals surface area contributed by atoms with Crippen LogP contribution in [0.4, 0.5) is 16.2 Å². The molecule has 1 atom stereocenters. The van der Waals surface area contributed by atoms with Crippen LogP contribution in [0.15, 0.2) is 42.5 Å². The van der Waals surface area contributed by atoms with Gasteiger partial charge in [-0.05, 0) is 37.1 Å². The molecule has 0 aromatic heterocycles. The largest absolute Gasteiger partial charge is 0.497 e. The Labute approximate surface area is 158 Å². The van der Waals surface area contributed by atoms with Crippen LogP contribution in [-0.4, -0.2) is 38.7 Å². The summed E-state index contributed by atoms with van der Waals surface area (Å²) in [6.07, 6.45) is 0.823. The lowest BCUT2D eigenvalue weighted by atomic mass is 10.2. The number of urea groups is 1. The van der Waals surface area contributed by atoms with Crippen molar-refractivity contribution in [2.24, 2.45) is 0 Å². The Hall–Kier alpha value is -3.22. The summed E-state index contributed by atoms with van der Waals surface area (Å²) in [4.78, 5) is 26.8. The van der Waals surface area contributed by atoms with E-state index >= 15 is 0 Å². The Morgan fingerprint density at radius 1 is 1.11 bits per heavy atom. The number of carbonyl (C=O) groups is 2. The first-order chi connectivity index (χ1) is 13.0. The predicted molar refractivity (Wildman–Crippen MR) is 104 cm³/mol. The molecule has 142 valence electrons. The van der Waals surface area contributed by atoms with E-state index in [0.29, 0.717) is 23.7 Å². The van der Waals surface area contributed by atoms with Gasteiger partial charge in [0.2, 0.25) is 5.91 Å². The number of hydrogen-bond acceptors (Lipinski definition) is 4. The lowest BCUT2D eigenvalue weighted by Crippen LogP contribution is -2.47. The van der Waals surface area contributed by atoms with E-state index in [9.17, 15) is 9.59 Å². The van der Waals surface area contributed by atoms with Gasteiger partial charge in [0.25, 0.3) is 0 Å². The Kier molecular flexibility index (Phi) is 5.49. The molecule has 3 amide bonds. The number of ether oxygens (including phenoxy) is 2. The fourth-order valence-electron chi connectivity index (χ4n) is 3.12. The number of anilines is 2. The highest BCUT2D eigenvalue weighted by atomic mass is 16.5. The summed E-state index contributed by atoms with van der Waals surface area (Å²) in [5.41, 5.74) is 2.54. The van der Waals surface area contributed by atoms with Crippen molar-refractivity contribution in [2.45, 2.75) is 19.4 Å². The molecular formula is C20H23N3O4. The molecule has 0 radical (unpaired) electrons. The highest BCUT2D eigenvalue weighted by Crippen LogP contribution is 2.29. The van der Waals surface area contributed by atoms with Gasteiger partial charge in [0.05, 0.1) is 19.9 Å². The average Bonchev–Trinajstić information content (AvgIpc) is 3.11. The summed E-state index contributed by atoms with van der Waals surface area (Å²) < 4.78 is 10.4. The summed E-state index contributed by atoms with van der Waals surface area (Å²) in [6, 6.07) is 11.7. The van der Waals surface area contributed by atoms with E-state index in [1.54, 1.807) is 37.1 Å². The third-order valence-electron chi connectivity index (χ3n) is 4.53. The number of rotatable bonds is 5. The molecule has 1 heterocycles. The molecule has 27 heavy (non-hydrogen) atoms. The molecule has 0 unspecified atom stereocenters. The number of amides is 3. The maximum Gasteiger partial charge on any atom is 0.319 e. The smallest absolute Gasteiger partial charge is 0.319 e. The second-order valence-electron chi connectivity index (χ2n) is 6.25. The van der Waals surface area contributed by atoms with E-state index in [2.05, 4.69) is 10.6 Å². The number of para-hydroxylation sites is 1. The lowest BCUT2D eigenvalue weighted by Gasteiger charge is -2.22. The zero-order valence-electron chi connectivity index (χ0n) is 15.6. The third kappa shape index (κ3) is 3.97. The van der Waals surface area contributed by atoms with Gasteiger partial charge >= 0.3 is 6.03 Å². The lowest BCUT2D eigenvalue weighted by molar-refractivity contribution is -0.119. The van der Waals surface area contributed by atoms with Gasteiger partial charge in [0, 0.05) is 18.3 Å². The number of nitrogens with one attached hydrogen (secondary N) is 2. The van der Waals surface area contributed by atoms with Gasteiger partial charge in [-0.3, -0.25) is 4.79 Å². The summed E-state index contributed by atoms with van der Waals surface area (Å²) >= 11 is 0. The van der Waals surface area contributed by atoms with E-state index < -0.39 is 12.1 Å². The maximum absolute atomic E-state index is 12.7. The van der Waals surface area contributed by atoms with Crippen LogP contribution in [0.3, 0.4) is 0 Å². The quantitative estimate of drug-likeness (QED) is 0.849. The molecule has 2 N–H and O–H groups in total. The molecule has 1 aliphatic heterocycles. The summed E-state index contributed by atoms with van der Waals surface area (Å²) in [5.74, 6) is 0.947. The molecule has 0 bridgehead atoms. The van der Waals surface area contributed by atoms with Crippen LogP contribution < -0.4 is 25.0 Å². The van der Waals surface area contributed by atoms with E-state index in [-0.39, 0.29) is 5.91 Å². The first-order valence-corrected chi connectivity index (χ1v) is 8.72. The van der Waals surface area contributed by atoms with Gasteiger partial charge in [0.1, 0.15) is 17.5 Å². The molecule has 0 saturated carbocycles. The third-order valence-corrected chi connectivity index (χ3v) is 4.53. The second kappa shape index (κ2) is 7.99. The van der Waals surface area contributed by atoms with Crippen molar-refractivity contribution >= 4 is 23.3 Å². The molecule has 0 fully saturated rings. The number of benzene rings is 2. The van der Waals surface area contributed by atoms with E-state index in [1.165, 1.54) is 7.11 Å². The van der Waals surface area contributed by atoms with Crippen LogP contribution in [0.1, 0.15) is 12.5 Å². The molecule has 2 aromatic rings. The molecule has 0 aliphatic carbocycles. The number of methoxy groups -OCH3 is 2. The highest BCUT2D eigenvalue weighted by molar-refractivity contribution is 6.02. The SMILES string of the molecule is COc1ccc(NC(=O)N[C@@H](C)C(=O)N2CCc3ccccc32)c(OC)c1. The van der Waals surface area contributed by atoms with Crippen molar-refractivity contribution in [3.63, 3.8) is 0 Å². The molecule has 2 aromatic carbocycles. The Morgan fingerprint density at radius 2 is 1.89 bits per heavy atom. The summed E-state index contributed by atoms with van der Waals surface area (Å²) in [6.45, 7) is 2.30. The van der Waals surface area contributed by atoms with Crippen molar-refractivity contribution in [2.75, 3.05) is 31.0 Å². The zero-order valence-corrected chi connectivity index (χ0v) is 15.6. The van der Waals surface area contributed by atoms with Gasteiger partial charge in [-0.1, -0.05) is 18.2 Å². The van der Waals surface area contributed by atoms with Crippen LogP contribution in [-0.2, 0) is 11.2 Å². The van der Waals surface area contributed by atoms with Gasteiger partial charge in [0.15, 0.2) is 0 Å². The normalized spacial score (nSPS) is 13.5. The monoisotopic (exact) mass is 369 g/mol. The first-order valence-electron chi connectivity index (χ1n) is 8.72. The highest BCUT2D eigenvalue weighted by Gasteiger charge is 2.28.